The third kappa shape index (κ3) is 6.84. The second-order valence-corrected chi connectivity index (χ2v) is 10.2. The summed E-state index contributed by atoms with van der Waals surface area (Å²) in [7, 11) is 0. The number of allylic oxidation sites excluding steroid dienone is 1. The van der Waals surface area contributed by atoms with Crippen LogP contribution in [0.1, 0.15) is 57.6 Å². The molecule has 4 rings (SSSR count). The van der Waals surface area contributed by atoms with Gasteiger partial charge in [0.25, 0.3) is 5.91 Å². The Balaban J connectivity index is 1.51. The molecule has 8 nitrogen and oxygen atoms in total. The number of pyridine rings is 1. The standard InChI is InChI=1S/C29H35N5O3/c1-21-12-14-22(15-13-21)23-9-5-6-10-24(23)27(35)32-26-16-18-31-34(26)20-19-33(25-11-7-8-17-30-25)28(36)37-29(2,3)4/h7-8,11-18H,5-6,9-10,19-20H2,1-4H3,(H,32,35). The summed E-state index contributed by atoms with van der Waals surface area (Å²) >= 11 is 0. The Morgan fingerprint density at radius 3 is 2.49 bits per heavy atom. The van der Waals surface area contributed by atoms with Crippen molar-refractivity contribution in [1.82, 2.24) is 14.8 Å². The summed E-state index contributed by atoms with van der Waals surface area (Å²) in [6, 6.07) is 15.5. The molecule has 1 aliphatic carbocycles. The minimum atomic E-state index is -0.641. The predicted molar refractivity (Wildman–Crippen MR) is 145 cm³/mol. The number of carbonyl (C=O) groups is 2. The fourth-order valence-electron chi connectivity index (χ4n) is 4.36. The predicted octanol–water partition coefficient (Wildman–Crippen LogP) is 5.99. The Hall–Kier alpha value is -3.94. The van der Waals surface area contributed by atoms with E-state index in [1.54, 1.807) is 35.3 Å². The zero-order valence-electron chi connectivity index (χ0n) is 22.0. The molecule has 2 amide bonds. The van der Waals surface area contributed by atoms with Crippen molar-refractivity contribution in [3.8, 4) is 0 Å². The van der Waals surface area contributed by atoms with Crippen LogP contribution < -0.4 is 10.2 Å². The highest BCUT2D eigenvalue weighted by Crippen LogP contribution is 2.33. The van der Waals surface area contributed by atoms with Gasteiger partial charge in [0.1, 0.15) is 17.2 Å². The molecule has 37 heavy (non-hydrogen) atoms. The molecular weight excluding hydrogens is 466 g/mol. The quantitative estimate of drug-likeness (QED) is 0.429. The molecule has 0 radical (unpaired) electrons. The van der Waals surface area contributed by atoms with Crippen LogP contribution in [0, 0.1) is 6.92 Å². The monoisotopic (exact) mass is 501 g/mol. The van der Waals surface area contributed by atoms with Crippen molar-refractivity contribution >= 4 is 29.2 Å². The highest BCUT2D eigenvalue weighted by Gasteiger charge is 2.25. The molecule has 0 unspecified atom stereocenters. The molecule has 1 N–H and O–H groups in total. The summed E-state index contributed by atoms with van der Waals surface area (Å²) in [5.41, 5.74) is 3.60. The summed E-state index contributed by atoms with van der Waals surface area (Å²) in [5, 5.41) is 7.44. The largest absolute Gasteiger partial charge is 0.443 e. The average molecular weight is 502 g/mol. The molecule has 0 saturated heterocycles. The maximum Gasteiger partial charge on any atom is 0.416 e. The Morgan fingerprint density at radius 2 is 1.78 bits per heavy atom. The van der Waals surface area contributed by atoms with Crippen LogP contribution in [0.2, 0.25) is 0 Å². The average Bonchev–Trinajstić information content (AvgIpc) is 3.31. The van der Waals surface area contributed by atoms with Crippen molar-refractivity contribution in [1.29, 1.82) is 0 Å². The van der Waals surface area contributed by atoms with Crippen LogP contribution in [0.15, 0.2) is 66.5 Å². The van der Waals surface area contributed by atoms with E-state index in [0.29, 0.717) is 18.2 Å². The van der Waals surface area contributed by atoms with E-state index in [1.807, 2.05) is 26.8 Å². The van der Waals surface area contributed by atoms with Crippen molar-refractivity contribution in [2.75, 3.05) is 16.8 Å². The topological polar surface area (TPSA) is 89.4 Å². The van der Waals surface area contributed by atoms with Crippen molar-refractivity contribution in [3.05, 3.63) is 77.6 Å². The van der Waals surface area contributed by atoms with E-state index in [4.69, 9.17) is 4.74 Å². The Bertz CT molecular complexity index is 1260. The first-order chi connectivity index (χ1) is 17.7. The normalized spacial score (nSPS) is 13.8. The fourth-order valence-corrected chi connectivity index (χ4v) is 4.36. The molecule has 0 aliphatic heterocycles. The number of ether oxygens (including phenoxy) is 1. The van der Waals surface area contributed by atoms with E-state index in [-0.39, 0.29) is 12.5 Å². The molecule has 0 fully saturated rings. The van der Waals surface area contributed by atoms with Gasteiger partial charge in [-0.2, -0.15) is 5.10 Å². The number of carbonyl (C=O) groups excluding carboxylic acids is 2. The van der Waals surface area contributed by atoms with Gasteiger partial charge in [-0.1, -0.05) is 35.9 Å². The van der Waals surface area contributed by atoms with E-state index in [1.165, 1.54) is 10.5 Å². The van der Waals surface area contributed by atoms with Crippen molar-refractivity contribution in [2.45, 2.75) is 65.5 Å². The highest BCUT2D eigenvalue weighted by atomic mass is 16.6. The minimum absolute atomic E-state index is 0.106. The number of hydrogen-bond acceptors (Lipinski definition) is 5. The smallest absolute Gasteiger partial charge is 0.416 e. The molecule has 1 aliphatic rings. The first-order valence-corrected chi connectivity index (χ1v) is 12.7. The summed E-state index contributed by atoms with van der Waals surface area (Å²) in [5.74, 6) is 0.965. The van der Waals surface area contributed by atoms with Crippen LogP contribution >= 0.6 is 0 Å². The van der Waals surface area contributed by atoms with Gasteiger partial charge in [0.15, 0.2) is 0 Å². The molecule has 194 valence electrons. The third-order valence-electron chi connectivity index (χ3n) is 6.18. The Labute approximate surface area is 218 Å². The molecule has 2 heterocycles. The van der Waals surface area contributed by atoms with E-state index in [9.17, 15) is 9.59 Å². The number of amides is 2. The lowest BCUT2D eigenvalue weighted by Gasteiger charge is -2.27. The van der Waals surface area contributed by atoms with Crippen molar-refractivity contribution < 1.29 is 14.3 Å². The highest BCUT2D eigenvalue weighted by molar-refractivity contribution is 6.08. The Morgan fingerprint density at radius 1 is 1.03 bits per heavy atom. The molecule has 2 aromatic heterocycles. The number of anilines is 2. The minimum Gasteiger partial charge on any atom is -0.443 e. The van der Waals surface area contributed by atoms with Gasteiger partial charge in [-0.3, -0.25) is 9.69 Å². The van der Waals surface area contributed by atoms with E-state index in [0.717, 1.165) is 42.4 Å². The summed E-state index contributed by atoms with van der Waals surface area (Å²) in [6.45, 7) is 8.16. The van der Waals surface area contributed by atoms with Crippen LogP contribution in [0.3, 0.4) is 0 Å². The molecule has 1 aromatic carbocycles. The zero-order valence-corrected chi connectivity index (χ0v) is 22.0. The van der Waals surface area contributed by atoms with Gasteiger partial charge in [0, 0.05) is 17.8 Å². The first kappa shape index (κ1) is 26.1. The van der Waals surface area contributed by atoms with Gasteiger partial charge in [-0.05, 0) is 76.6 Å². The van der Waals surface area contributed by atoms with Crippen LogP contribution in [0.5, 0.6) is 0 Å². The van der Waals surface area contributed by atoms with Crippen LogP contribution in [-0.4, -0.2) is 38.9 Å². The molecule has 0 bridgehead atoms. The first-order valence-electron chi connectivity index (χ1n) is 12.7. The fraction of sp³-hybridized carbons (Fsp3) is 0.379. The van der Waals surface area contributed by atoms with Crippen LogP contribution in [-0.2, 0) is 16.1 Å². The maximum absolute atomic E-state index is 13.4. The van der Waals surface area contributed by atoms with Crippen LogP contribution in [0.4, 0.5) is 16.4 Å². The van der Waals surface area contributed by atoms with E-state index < -0.39 is 11.7 Å². The van der Waals surface area contributed by atoms with Gasteiger partial charge in [-0.25, -0.2) is 14.5 Å². The number of aromatic nitrogens is 3. The summed E-state index contributed by atoms with van der Waals surface area (Å²) in [6.07, 6.45) is 6.49. The molecule has 0 spiro atoms. The number of rotatable bonds is 7. The summed E-state index contributed by atoms with van der Waals surface area (Å²) < 4.78 is 7.29. The number of nitrogens with one attached hydrogen (secondary N) is 1. The zero-order chi connectivity index (χ0) is 26.4. The molecular formula is C29H35N5O3. The maximum atomic E-state index is 13.4. The van der Waals surface area contributed by atoms with Crippen molar-refractivity contribution in [2.24, 2.45) is 0 Å². The molecule has 0 saturated carbocycles. The molecule has 3 aromatic rings. The van der Waals surface area contributed by atoms with Gasteiger partial charge >= 0.3 is 6.09 Å². The lowest BCUT2D eigenvalue weighted by Crippen LogP contribution is -2.39. The lowest BCUT2D eigenvalue weighted by atomic mass is 9.86. The number of hydrogen-bond donors (Lipinski definition) is 1. The molecule has 8 heteroatoms. The molecule has 0 atom stereocenters. The van der Waals surface area contributed by atoms with Crippen LogP contribution in [0.25, 0.3) is 5.57 Å². The third-order valence-corrected chi connectivity index (χ3v) is 6.18. The van der Waals surface area contributed by atoms with Gasteiger partial charge in [-0.15, -0.1) is 0 Å². The van der Waals surface area contributed by atoms with Gasteiger partial charge in [0.2, 0.25) is 0 Å². The van der Waals surface area contributed by atoms with Crippen molar-refractivity contribution in [3.63, 3.8) is 0 Å². The van der Waals surface area contributed by atoms with E-state index >= 15 is 0 Å². The second kappa shape index (κ2) is 11.4. The van der Waals surface area contributed by atoms with Gasteiger partial charge in [0.05, 0.1) is 19.3 Å². The number of aryl methyl sites for hydroxylation is 1. The second-order valence-electron chi connectivity index (χ2n) is 10.2. The SMILES string of the molecule is Cc1ccc(C2=C(C(=O)Nc3ccnn3CCN(C(=O)OC(C)(C)C)c3ccccn3)CCCC2)cc1. The number of benzene rings is 1. The summed E-state index contributed by atoms with van der Waals surface area (Å²) in [4.78, 5) is 32.1. The Kier molecular flexibility index (Phi) is 8.06. The van der Waals surface area contributed by atoms with Gasteiger partial charge < -0.3 is 10.1 Å². The lowest BCUT2D eigenvalue weighted by molar-refractivity contribution is -0.113. The number of nitrogens with zero attached hydrogens (tertiary/aromatic N) is 4. The van der Waals surface area contributed by atoms with E-state index in [2.05, 4.69) is 46.6 Å².